The predicted molar refractivity (Wildman–Crippen MR) is 97.3 cm³/mol. The molecule has 21 heavy (non-hydrogen) atoms. The first-order valence-corrected chi connectivity index (χ1v) is 9.31. The molecule has 6 nitrogen and oxygen atoms in total. The molecule has 2 fully saturated rings. The van der Waals surface area contributed by atoms with E-state index in [4.69, 9.17) is 0 Å². The Morgan fingerprint density at radius 1 is 1.33 bits per heavy atom. The van der Waals surface area contributed by atoms with E-state index in [9.17, 15) is 8.42 Å². The Labute approximate surface area is 145 Å². The number of hydrogen-bond acceptors (Lipinski definition) is 4. The summed E-state index contributed by atoms with van der Waals surface area (Å²) < 4.78 is 22.8. The van der Waals surface area contributed by atoms with Crippen molar-refractivity contribution in [3.63, 3.8) is 0 Å². The molecule has 0 amide bonds. The smallest absolute Gasteiger partial charge is 0.191 e. The second kappa shape index (κ2) is 9.14. The van der Waals surface area contributed by atoms with Crippen molar-refractivity contribution < 1.29 is 8.42 Å². The summed E-state index contributed by atoms with van der Waals surface area (Å²) in [6, 6.07) is 0.00443. The third-order valence-electron chi connectivity index (χ3n) is 3.94. The normalized spacial score (nSPS) is 25.6. The van der Waals surface area contributed by atoms with E-state index >= 15 is 0 Å². The fourth-order valence-corrected chi connectivity index (χ4v) is 4.49. The van der Waals surface area contributed by atoms with Crippen LogP contribution in [0.25, 0.3) is 0 Å². The average molecular weight is 430 g/mol. The molecule has 1 atom stereocenters. The molecule has 0 saturated carbocycles. The van der Waals surface area contributed by atoms with Gasteiger partial charge in [0.1, 0.15) is 0 Å². The van der Waals surface area contributed by atoms with Gasteiger partial charge in [0.15, 0.2) is 15.8 Å². The minimum absolute atomic E-state index is 0. The van der Waals surface area contributed by atoms with Crippen LogP contribution in [0, 0.1) is 0 Å². The SMILES string of the molecule is CN=C(NCCCN1CCCC1)NC1CCS(=O)(=O)C1.I. The highest BCUT2D eigenvalue weighted by atomic mass is 127. The number of nitrogens with zero attached hydrogens (tertiary/aromatic N) is 2. The van der Waals surface area contributed by atoms with Gasteiger partial charge in [-0.3, -0.25) is 4.99 Å². The van der Waals surface area contributed by atoms with Crippen molar-refractivity contribution in [2.45, 2.75) is 31.7 Å². The molecule has 2 heterocycles. The maximum Gasteiger partial charge on any atom is 0.191 e. The van der Waals surface area contributed by atoms with Gasteiger partial charge in [0.25, 0.3) is 0 Å². The monoisotopic (exact) mass is 430 g/mol. The van der Waals surface area contributed by atoms with E-state index in [-0.39, 0.29) is 41.5 Å². The standard InChI is InChI=1S/C13H26N4O2S.HI/c1-14-13(16-12-5-10-20(18,19)11-12)15-6-4-9-17-7-2-3-8-17;/h12H,2-11H2,1H3,(H2,14,15,16);1H. The first-order valence-electron chi connectivity index (χ1n) is 7.49. The number of hydrogen-bond donors (Lipinski definition) is 2. The summed E-state index contributed by atoms with van der Waals surface area (Å²) in [6.45, 7) is 4.46. The Morgan fingerprint density at radius 2 is 2.05 bits per heavy atom. The number of sulfone groups is 1. The lowest BCUT2D eigenvalue weighted by molar-refractivity contribution is 0.334. The zero-order valence-corrected chi connectivity index (χ0v) is 15.8. The van der Waals surface area contributed by atoms with E-state index in [1.807, 2.05) is 0 Å². The maximum absolute atomic E-state index is 11.4. The van der Waals surface area contributed by atoms with Crippen LogP contribution in [-0.4, -0.2) is 70.1 Å². The van der Waals surface area contributed by atoms with Gasteiger partial charge in [0.05, 0.1) is 11.5 Å². The second-order valence-corrected chi connectivity index (χ2v) is 7.87. The van der Waals surface area contributed by atoms with Gasteiger partial charge < -0.3 is 15.5 Å². The van der Waals surface area contributed by atoms with Gasteiger partial charge in [0, 0.05) is 19.6 Å². The lowest BCUT2D eigenvalue weighted by Gasteiger charge is -2.18. The molecule has 0 spiro atoms. The van der Waals surface area contributed by atoms with E-state index in [0.29, 0.717) is 12.4 Å². The van der Waals surface area contributed by atoms with Crippen LogP contribution in [0.1, 0.15) is 25.7 Å². The van der Waals surface area contributed by atoms with Gasteiger partial charge in [-0.1, -0.05) is 0 Å². The van der Waals surface area contributed by atoms with Crippen molar-refractivity contribution in [1.29, 1.82) is 0 Å². The number of halogens is 1. The summed E-state index contributed by atoms with van der Waals surface area (Å²) in [4.78, 5) is 6.64. The highest BCUT2D eigenvalue weighted by Crippen LogP contribution is 2.11. The summed E-state index contributed by atoms with van der Waals surface area (Å²) in [6.07, 6.45) is 4.42. The van der Waals surface area contributed by atoms with Crippen molar-refractivity contribution in [3.05, 3.63) is 0 Å². The van der Waals surface area contributed by atoms with Crippen LogP contribution < -0.4 is 10.6 Å². The van der Waals surface area contributed by atoms with E-state index in [1.54, 1.807) is 7.05 Å². The lowest BCUT2D eigenvalue weighted by Crippen LogP contribution is -2.44. The fraction of sp³-hybridized carbons (Fsp3) is 0.923. The van der Waals surface area contributed by atoms with Gasteiger partial charge in [-0.25, -0.2) is 8.42 Å². The van der Waals surface area contributed by atoms with Crippen molar-refractivity contribution in [1.82, 2.24) is 15.5 Å². The van der Waals surface area contributed by atoms with Crippen LogP contribution in [0.4, 0.5) is 0 Å². The summed E-state index contributed by atoms with van der Waals surface area (Å²) in [5.74, 6) is 1.23. The third-order valence-corrected chi connectivity index (χ3v) is 5.71. The largest absolute Gasteiger partial charge is 0.356 e. The lowest BCUT2D eigenvalue weighted by atomic mass is 10.3. The first kappa shape index (κ1) is 19.0. The van der Waals surface area contributed by atoms with Gasteiger partial charge in [-0.15, -0.1) is 24.0 Å². The van der Waals surface area contributed by atoms with Crippen molar-refractivity contribution >= 4 is 39.8 Å². The number of rotatable bonds is 5. The van der Waals surface area contributed by atoms with Gasteiger partial charge in [0.2, 0.25) is 0 Å². The van der Waals surface area contributed by atoms with Crippen LogP contribution in [0.15, 0.2) is 4.99 Å². The molecular formula is C13H27IN4O2S. The topological polar surface area (TPSA) is 73.8 Å². The van der Waals surface area contributed by atoms with Crippen LogP contribution in [-0.2, 0) is 9.84 Å². The minimum Gasteiger partial charge on any atom is -0.356 e. The molecule has 0 aromatic carbocycles. The van der Waals surface area contributed by atoms with E-state index < -0.39 is 9.84 Å². The number of likely N-dealkylation sites (tertiary alicyclic amines) is 1. The molecule has 2 aliphatic rings. The molecule has 1 unspecified atom stereocenters. The Kier molecular flexibility index (Phi) is 8.25. The number of guanidine groups is 1. The van der Waals surface area contributed by atoms with E-state index in [2.05, 4.69) is 20.5 Å². The molecule has 0 aliphatic carbocycles. The summed E-state index contributed by atoms with van der Waals surface area (Å²) in [5.41, 5.74) is 0. The molecule has 124 valence electrons. The van der Waals surface area contributed by atoms with Crippen LogP contribution in [0.3, 0.4) is 0 Å². The molecule has 2 N–H and O–H groups in total. The molecule has 8 heteroatoms. The average Bonchev–Trinajstić information content (AvgIpc) is 3.02. The minimum atomic E-state index is -2.84. The molecule has 0 aromatic heterocycles. The Bertz CT molecular complexity index is 435. The van der Waals surface area contributed by atoms with Crippen molar-refractivity contribution in [2.75, 3.05) is 44.7 Å². The van der Waals surface area contributed by atoms with Gasteiger partial charge in [-0.05, 0) is 45.3 Å². The summed E-state index contributed by atoms with van der Waals surface area (Å²) in [5, 5.41) is 6.46. The molecule has 0 aromatic rings. The highest BCUT2D eigenvalue weighted by Gasteiger charge is 2.28. The predicted octanol–water partition coefficient (Wildman–Crippen LogP) is 0.442. The molecule has 2 aliphatic heterocycles. The quantitative estimate of drug-likeness (QED) is 0.287. The molecule has 2 rings (SSSR count). The van der Waals surface area contributed by atoms with E-state index in [0.717, 1.165) is 19.5 Å². The summed E-state index contributed by atoms with van der Waals surface area (Å²) >= 11 is 0. The molecule has 2 saturated heterocycles. The number of nitrogens with one attached hydrogen (secondary N) is 2. The Morgan fingerprint density at radius 3 is 2.62 bits per heavy atom. The molecular weight excluding hydrogens is 403 g/mol. The third kappa shape index (κ3) is 6.68. The Hall–Kier alpha value is -0.0900. The highest BCUT2D eigenvalue weighted by molar-refractivity contribution is 14.0. The van der Waals surface area contributed by atoms with Crippen molar-refractivity contribution in [3.8, 4) is 0 Å². The van der Waals surface area contributed by atoms with E-state index in [1.165, 1.54) is 25.9 Å². The first-order chi connectivity index (χ1) is 9.59. The van der Waals surface area contributed by atoms with Crippen LogP contribution in [0.5, 0.6) is 0 Å². The Balaban J connectivity index is 0.00000220. The zero-order chi connectivity index (χ0) is 14.4. The number of aliphatic imine (C=N–C) groups is 1. The van der Waals surface area contributed by atoms with Crippen LogP contribution in [0.2, 0.25) is 0 Å². The zero-order valence-electron chi connectivity index (χ0n) is 12.7. The second-order valence-electron chi connectivity index (χ2n) is 5.65. The molecule has 0 radical (unpaired) electrons. The van der Waals surface area contributed by atoms with Gasteiger partial charge >= 0.3 is 0 Å². The molecule has 0 bridgehead atoms. The van der Waals surface area contributed by atoms with Crippen molar-refractivity contribution in [2.24, 2.45) is 4.99 Å². The maximum atomic E-state index is 11.4. The van der Waals surface area contributed by atoms with Crippen LogP contribution >= 0.6 is 24.0 Å². The fourth-order valence-electron chi connectivity index (χ4n) is 2.81. The summed E-state index contributed by atoms with van der Waals surface area (Å²) in [7, 11) is -1.12. The van der Waals surface area contributed by atoms with Gasteiger partial charge in [-0.2, -0.15) is 0 Å².